The second-order valence-corrected chi connectivity index (χ2v) is 3.50. The van der Waals surface area contributed by atoms with Gasteiger partial charge < -0.3 is 0 Å². The second-order valence-electron chi connectivity index (χ2n) is 2.82. The molecule has 0 aliphatic heterocycles. The van der Waals surface area contributed by atoms with Crippen molar-refractivity contribution in [1.29, 1.82) is 0 Å². The summed E-state index contributed by atoms with van der Waals surface area (Å²) >= 11 is 11.8. The molecule has 0 radical (unpaired) electrons. The molecule has 0 spiro atoms. The number of alkyl halides is 1. The van der Waals surface area contributed by atoms with E-state index in [1.165, 1.54) is 0 Å². The Balaban J connectivity index is 2.58. The summed E-state index contributed by atoms with van der Waals surface area (Å²) in [5.74, 6) is 0.384. The van der Waals surface area contributed by atoms with Gasteiger partial charge in [-0.1, -0.05) is 17.7 Å². The summed E-state index contributed by atoms with van der Waals surface area (Å²) in [7, 11) is 0. The van der Waals surface area contributed by atoms with Crippen molar-refractivity contribution < 1.29 is 0 Å². The Kier molecular flexibility index (Phi) is 2.75. The van der Waals surface area contributed by atoms with E-state index in [0.717, 1.165) is 11.3 Å². The lowest BCUT2D eigenvalue weighted by atomic mass is 10.2. The van der Waals surface area contributed by atoms with Gasteiger partial charge in [-0.2, -0.15) is 5.10 Å². The van der Waals surface area contributed by atoms with Gasteiger partial charge >= 0.3 is 0 Å². The zero-order valence-electron chi connectivity index (χ0n) is 7.32. The maximum Gasteiger partial charge on any atom is 0.0704 e. The highest BCUT2D eigenvalue weighted by Gasteiger charge is 2.07. The molecule has 2 nitrogen and oxygen atoms in total. The summed E-state index contributed by atoms with van der Waals surface area (Å²) in [6, 6.07) is 7.51. The van der Waals surface area contributed by atoms with Gasteiger partial charge in [0.2, 0.25) is 0 Å². The second kappa shape index (κ2) is 4.03. The summed E-state index contributed by atoms with van der Waals surface area (Å²) in [6.45, 7) is 0. The lowest BCUT2D eigenvalue weighted by molar-refractivity contribution is 0.871. The number of benzene rings is 1. The maximum absolute atomic E-state index is 6.02. The van der Waals surface area contributed by atoms with Crippen LogP contribution in [-0.4, -0.2) is 9.78 Å². The summed E-state index contributed by atoms with van der Waals surface area (Å²) in [4.78, 5) is 0. The minimum Gasteiger partial charge on any atom is -0.241 e. The fraction of sp³-hybridized carbons (Fsp3) is 0.100. The molecule has 0 atom stereocenters. The minimum absolute atomic E-state index is 0.384. The number of hydrogen-bond donors (Lipinski definition) is 0. The largest absolute Gasteiger partial charge is 0.241 e. The summed E-state index contributed by atoms with van der Waals surface area (Å²) < 4.78 is 1.75. The lowest BCUT2D eigenvalue weighted by Crippen LogP contribution is -1.99. The van der Waals surface area contributed by atoms with E-state index in [-0.39, 0.29) is 0 Å². The Morgan fingerprint density at radius 2 is 2.14 bits per heavy atom. The van der Waals surface area contributed by atoms with E-state index in [0.29, 0.717) is 10.9 Å². The molecule has 0 unspecified atom stereocenters. The average Bonchev–Trinajstić information content (AvgIpc) is 2.70. The van der Waals surface area contributed by atoms with Crippen LogP contribution in [0, 0.1) is 0 Å². The van der Waals surface area contributed by atoms with E-state index < -0.39 is 0 Å². The fourth-order valence-electron chi connectivity index (χ4n) is 1.31. The highest BCUT2D eigenvalue weighted by molar-refractivity contribution is 6.32. The molecule has 0 saturated heterocycles. The normalized spacial score (nSPS) is 10.4. The Hall–Kier alpha value is -0.990. The van der Waals surface area contributed by atoms with E-state index in [1.54, 1.807) is 10.9 Å². The van der Waals surface area contributed by atoms with Crippen molar-refractivity contribution >= 4 is 23.2 Å². The molecule has 1 heterocycles. The van der Waals surface area contributed by atoms with E-state index in [2.05, 4.69) is 5.10 Å². The monoisotopic (exact) mass is 226 g/mol. The molecular weight excluding hydrogens is 219 g/mol. The van der Waals surface area contributed by atoms with Crippen molar-refractivity contribution in [3.05, 3.63) is 47.2 Å². The lowest BCUT2D eigenvalue weighted by Gasteiger charge is -2.08. The fourth-order valence-corrected chi connectivity index (χ4v) is 1.89. The number of halogens is 2. The van der Waals surface area contributed by atoms with Gasteiger partial charge in [-0.3, -0.25) is 0 Å². The summed E-state index contributed by atoms with van der Waals surface area (Å²) in [6.07, 6.45) is 3.58. The number of rotatable bonds is 2. The molecule has 72 valence electrons. The number of nitrogens with zero attached hydrogens (tertiary/aromatic N) is 2. The quantitative estimate of drug-likeness (QED) is 0.720. The first kappa shape index (κ1) is 9.56. The van der Waals surface area contributed by atoms with Gasteiger partial charge in [-0.05, 0) is 18.2 Å². The highest BCUT2D eigenvalue weighted by Crippen LogP contribution is 2.24. The van der Waals surface area contributed by atoms with Gasteiger partial charge in [-0.25, -0.2) is 4.68 Å². The Labute approximate surface area is 92.1 Å². The number of hydrogen-bond acceptors (Lipinski definition) is 1. The van der Waals surface area contributed by atoms with Crippen LogP contribution in [-0.2, 0) is 5.88 Å². The van der Waals surface area contributed by atoms with Gasteiger partial charge in [0.05, 0.1) is 11.6 Å². The third-order valence-corrected chi connectivity index (χ3v) is 2.60. The SMILES string of the molecule is ClCc1c(Cl)cccc1-n1cccn1. The topological polar surface area (TPSA) is 17.8 Å². The standard InChI is InChI=1S/C10H8Cl2N2/c11-7-8-9(12)3-1-4-10(8)14-6-2-5-13-14/h1-6H,7H2. The third kappa shape index (κ3) is 1.63. The van der Waals surface area contributed by atoms with Crippen molar-refractivity contribution in [3.63, 3.8) is 0 Å². The van der Waals surface area contributed by atoms with Crippen LogP contribution >= 0.6 is 23.2 Å². The molecule has 0 saturated carbocycles. The van der Waals surface area contributed by atoms with Crippen molar-refractivity contribution in [2.24, 2.45) is 0 Å². The van der Waals surface area contributed by atoms with Crippen LogP contribution in [0.4, 0.5) is 0 Å². The first-order valence-corrected chi connectivity index (χ1v) is 5.07. The highest BCUT2D eigenvalue weighted by atomic mass is 35.5. The zero-order chi connectivity index (χ0) is 9.97. The van der Waals surface area contributed by atoms with Crippen LogP contribution in [0.25, 0.3) is 5.69 Å². The van der Waals surface area contributed by atoms with E-state index in [1.807, 2.05) is 30.5 Å². The van der Waals surface area contributed by atoms with Crippen LogP contribution in [0.2, 0.25) is 5.02 Å². The molecule has 2 aromatic rings. The predicted octanol–water partition coefficient (Wildman–Crippen LogP) is 3.26. The smallest absolute Gasteiger partial charge is 0.0704 e. The Bertz CT molecular complexity index is 424. The molecule has 1 aromatic carbocycles. The van der Waals surface area contributed by atoms with Crippen LogP contribution < -0.4 is 0 Å². The maximum atomic E-state index is 6.02. The zero-order valence-corrected chi connectivity index (χ0v) is 8.83. The van der Waals surface area contributed by atoms with Crippen LogP contribution in [0.15, 0.2) is 36.7 Å². The van der Waals surface area contributed by atoms with Gasteiger partial charge in [0.1, 0.15) is 0 Å². The van der Waals surface area contributed by atoms with Crippen molar-refractivity contribution in [2.75, 3.05) is 0 Å². The predicted molar refractivity (Wildman–Crippen MR) is 58.1 cm³/mol. The Morgan fingerprint density at radius 3 is 2.79 bits per heavy atom. The first-order valence-electron chi connectivity index (χ1n) is 4.16. The Morgan fingerprint density at radius 1 is 1.29 bits per heavy atom. The van der Waals surface area contributed by atoms with Gasteiger partial charge in [-0.15, -0.1) is 11.6 Å². The molecule has 0 aliphatic rings. The van der Waals surface area contributed by atoms with Gasteiger partial charge in [0, 0.05) is 23.0 Å². The average molecular weight is 227 g/mol. The van der Waals surface area contributed by atoms with Crippen molar-refractivity contribution in [1.82, 2.24) is 9.78 Å². The summed E-state index contributed by atoms with van der Waals surface area (Å²) in [5, 5.41) is 4.81. The molecule has 14 heavy (non-hydrogen) atoms. The van der Waals surface area contributed by atoms with Crippen molar-refractivity contribution in [3.8, 4) is 5.69 Å². The van der Waals surface area contributed by atoms with E-state index in [9.17, 15) is 0 Å². The number of aromatic nitrogens is 2. The van der Waals surface area contributed by atoms with Crippen molar-refractivity contribution in [2.45, 2.75) is 5.88 Å². The molecule has 1 aromatic heterocycles. The molecule has 0 fully saturated rings. The summed E-state index contributed by atoms with van der Waals surface area (Å²) in [5.41, 5.74) is 1.83. The van der Waals surface area contributed by atoms with Crippen LogP contribution in [0.5, 0.6) is 0 Å². The van der Waals surface area contributed by atoms with E-state index >= 15 is 0 Å². The van der Waals surface area contributed by atoms with Gasteiger partial charge in [0.15, 0.2) is 0 Å². The van der Waals surface area contributed by atoms with Gasteiger partial charge in [0.25, 0.3) is 0 Å². The molecule has 4 heteroatoms. The molecule has 0 amide bonds. The van der Waals surface area contributed by atoms with Crippen LogP contribution in [0.3, 0.4) is 0 Å². The molecule has 0 bridgehead atoms. The minimum atomic E-state index is 0.384. The van der Waals surface area contributed by atoms with Crippen LogP contribution in [0.1, 0.15) is 5.56 Å². The molecular formula is C10H8Cl2N2. The third-order valence-electron chi connectivity index (χ3n) is 1.98. The molecule has 0 aliphatic carbocycles. The van der Waals surface area contributed by atoms with E-state index in [4.69, 9.17) is 23.2 Å². The first-order chi connectivity index (χ1) is 6.83. The molecule has 2 rings (SSSR count). The molecule has 0 N–H and O–H groups in total.